The number of aromatic nitrogens is 1. The lowest BCUT2D eigenvalue weighted by Gasteiger charge is -2.07. The molecule has 1 aromatic heterocycles. The fourth-order valence-electron chi connectivity index (χ4n) is 1.80. The summed E-state index contributed by atoms with van der Waals surface area (Å²) in [5, 5.41) is 0. The zero-order valence-corrected chi connectivity index (χ0v) is 15.2. The van der Waals surface area contributed by atoms with Gasteiger partial charge in [0.25, 0.3) is 0 Å². The average molecular weight is 287 g/mol. The van der Waals surface area contributed by atoms with Crippen LogP contribution < -0.4 is 0 Å². The van der Waals surface area contributed by atoms with Gasteiger partial charge in [-0.25, -0.2) is 0 Å². The Bertz CT molecular complexity index is 451. The number of rotatable bonds is 1. The van der Waals surface area contributed by atoms with Crippen molar-refractivity contribution in [3.63, 3.8) is 0 Å². The summed E-state index contributed by atoms with van der Waals surface area (Å²) in [5.41, 5.74) is 4.92. The predicted molar refractivity (Wildman–Crippen MR) is 98.5 cm³/mol. The largest absolute Gasteiger partial charge is 0.261 e. The van der Waals surface area contributed by atoms with Crippen molar-refractivity contribution in [2.24, 2.45) is 0 Å². The van der Waals surface area contributed by atoms with Crippen molar-refractivity contribution >= 4 is 5.57 Å². The monoisotopic (exact) mass is 287 g/mol. The van der Waals surface area contributed by atoms with Crippen molar-refractivity contribution < 1.29 is 0 Å². The molecule has 1 aliphatic carbocycles. The van der Waals surface area contributed by atoms with Gasteiger partial charge in [0.15, 0.2) is 0 Å². The first-order valence-electron chi connectivity index (χ1n) is 8.25. The van der Waals surface area contributed by atoms with Crippen LogP contribution in [0.25, 0.3) is 5.57 Å². The van der Waals surface area contributed by atoms with Crippen molar-refractivity contribution in [3.05, 3.63) is 59.5 Å². The Balaban J connectivity index is 0. The summed E-state index contributed by atoms with van der Waals surface area (Å²) in [4.78, 5) is 4.33. The lowest BCUT2D eigenvalue weighted by molar-refractivity contribution is 1.18. The van der Waals surface area contributed by atoms with E-state index in [9.17, 15) is 0 Å². The van der Waals surface area contributed by atoms with Gasteiger partial charge in [-0.1, -0.05) is 71.9 Å². The molecular formula is C20H33N. The van der Waals surface area contributed by atoms with Crippen LogP contribution >= 0.6 is 0 Å². The summed E-state index contributed by atoms with van der Waals surface area (Å²) in [6, 6.07) is 4.12. The molecule has 0 atom stereocenters. The highest BCUT2D eigenvalue weighted by Crippen LogP contribution is 2.24. The summed E-state index contributed by atoms with van der Waals surface area (Å²) in [6.45, 7) is 16.2. The molecule has 0 spiro atoms. The average Bonchev–Trinajstić information content (AvgIpc) is 2.78. The molecule has 1 nitrogen and oxygen atoms in total. The molecule has 1 heteroatoms. The number of hydrogen-bond donors (Lipinski definition) is 0. The first-order chi connectivity index (χ1) is 10.3. The van der Waals surface area contributed by atoms with Crippen molar-refractivity contribution in [1.29, 1.82) is 0 Å². The molecule has 0 radical (unpaired) electrons. The van der Waals surface area contributed by atoms with Crippen molar-refractivity contribution in [2.75, 3.05) is 0 Å². The van der Waals surface area contributed by atoms with Crippen LogP contribution in [0.3, 0.4) is 0 Å². The minimum atomic E-state index is 1.01. The topological polar surface area (TPSA) is 12.9 Å². The first-order valence-corrected chi connectivity index (χ1v) is 8.25. The Morgan fingerprint density at radius 1 is 0.857 bits per heavy atom. The van der Waals surface area contributed by atoms with E-state index < -0.39 is 0 Å². The molecule has 118 valence electrons. The van der Waals surface area contributed by atoms with Gasteiger partial charge < -0.3 is 0 Å². The molecule has 0 aliphatic heterocycles. The van der Waals surface area contributed by atoms with E-state index in [4.69, 9.17) is 0 Å². The second-order valence-electron chi connectivity index (χ2n) is 3.77. The van der Waals surface area contributed by atoms with E-state index in [1.807, 2.05) is 53.8 Å². The molecule has 0 saturated carbocycles. The third kappa shape index (κ3) is 7.65. The van der Waals surface area contributed by atoms with E-state index in [2.05, 4.69) is 49.2 Å². The normalized spacial score (nSPS) is 12.0. The third-order valence-electron chi connectivity index (χ3n) is 2.65. The van der Waals surface area contributed by atoms with Crippen molar-refractivity contribution in [1.82, 2.24) is 4.98 Å². The van der Waals surface area contributed by atoms with Crippen LogP contribution in [0.1, 0.15) is 66.1 Å². The standard InChI is InChI=1S/C14H15N.3C2H6/c1-11-7-4-3-5-8-13(11)14-9-6-10-15-12(14)2;3*1-2/h4-10H,3H2,1-2H3;3*1-2H3. The van der Waals surface area contributed by atoms with Crippen LogP contribution in [0.2, 0.25) is 0 Å². The lowest BCUT2D eigenvalue weighted by Crippen LogP contribution is -1.91. The smallest absolute Gasteiger partial charge is 0.0451 e. The number of aryl methyl sites for hydroxylation is 1. The summed E-state index contributed by atoms with van der Waals surface area (Å²) in [6.07, 6.45) is 11.6. The fourth-order valence-corrected chi connectivity index (χ4v) is 1.80. The van der Waals surface area contributed by atoms with Crippen molar-refractivity contribution in [3.8, 4) is 0 Å². The van der Waals surface area contributed by atoms with Crippen LogP contribution in [-0.2, 0) is 0 Å². The molecule has 0 N–H and O–H groups in total. The Labute approximate surface area is 132 Å². The van der Waals surface area contributed by atoms with Crippen LogP contribution in [0.5, 0.6) is 0 Å². The molecule has 0 amide bonds. The summed E-state index contributed by atoms with van der Waals surface area (Å²) >= 11 is 0. The molecule has 1 aliphatic rings. The van der Waals surface area contributed by atoms with E-state index in [1.165, 1.54) is 16.7 Å². The second-order valence-corrected chi connectivity index (χ2v) is 3.77. The van der Waals surface area contributed by atoms with Crippen LogP contribution in [0, 0.1) is 6.92 Å². The Morgan fingerprint density at radius 2 is 1.43 bits per heavy atom. The highest BCUT2D eigenvalue weighted by atomic mass is 14.7. The van der Waals surface area contributed by atoms with E-state index in [1.54, 1.807) is 0 Å². The Hall–Kier alpha value is -1.63. The van der Waals surface area contributed by atoms with Crippen LogP contribution in [-0.4, -0.2) is 4.98 Å². The maximum Gasteiger partial charge on any atom is 0.0451 e. The quantitative estimate of drug-likeness (QED) is 0.556. The zero-order chi connectivity index (χ0) is 16.7. The van der Waals surface area contributed by atoms with E-state index >= 15 is 0 Å². The van der Waals surface area contributed by atoms with Gasteiger partial charge in [0.2, 0.25) is 0 Å². The molecule has 2 rings (SSSR count). The Kier molecular flexibility index (Phi) is 15.2. The number of pyridine rings is 1. The maximum atomic E-state index is 4.33. The van der Waals surface area contributed by atoms with Crippen molar-refractivity contribution in [2.45, 2.75) is 61.8 Å². The van der Waals surface area contributed by atoms with E-state index in [0.29, 0.717) is 0 Å². The number of hydrogen-bond acceptors (Lipinski definition) is 1. The molecule has 1 heterocycles. The van der Waals surface area contributed by atoms with Gasteiger partial charge >= 0.3 is 0 Å². The van der Waals surface area contributed by atoms with Gasteiger partial charge in [-0.15, -0.1) is 0 Å². The highest BCUT2D eigenvalue weighted by molar-refractivity contribution is 5.79. The van der Waals surface area contributed by atoms with Gasteiger partial charge in [-0.2, -0.15) is 0 Å². The summed E-state index contributed by atoms with van der Waals surface area (Å²) < 4.78 is 0. The third-order valence-corrected chi connectivity index (χ3v) is 2.65. The molecule has 21 heavy (non-hydrogen) atoms. The van der Waals surface area contributed by atoms with Gasteiger partial charge in [-0.05, 0) is 37.5 Å². The first kappa shape index (κ1) is 21.7. The minimum Gasteiger partial charge on any atom is -0.261 e. The molecule has 0 bridgehead atoms. The molecule has 0 saturated heterocycles. The molecular weight excluding hydrogens is 254 g/mol. The molecule has 0 aromatic carbocycles. The van der Waals surface area contributed by atoms with Gasteiger partial charge in [-0.3, -0.25) is 4.98 Å². The highest BCUT2D eigenvalue weighted by Gasteiger charge is 2.05. The minimum absolute atomic E-state index is 1.01. The van der Waals surface area contributed by atoms with Crippen LogP contribution in [0.4, 0.5) is 0 Å². The number of nitrogens with zero attached hydrogens (tertiary/aromatic N) is 1. The van der Waals surface area contributed by atoms with Gasteiger partial charge in [0.05, 0.1) is 0 Å². The fraction of sp³-hybridized carbons (Fsp3) is 0.450. The second kappa shape index (κ2) is 14.8. The SMILES string of the molecule is CC.CC.CC.CC1=C(c2cccnc2C)C=CCC=C1. The van der Waals surface area contributed by atoms with E-state index in [-0.39, 0.29) is 0 Å². The van der Waals surface area contributed by atoms with Gasteiger partial charge in [0.1, 0.15) is 0 Å². The van der Waals surface area contributed by atoms with E-state index in [0.717, 1.165) is 12.1 Å². The maximum absolute atomic E-state index is 4.33. The predicted octanol–water partition coefficient (Wildman–Crippen LogP) is 6.76. The molecule has 0 unspecified atom stereocenters. The summed E-state index contributed by atoms with van der Waals surface area (Å²) in [5.74, 6) is 0. The molecule has 0 fully saturated rings. The zero-order valence-electron chi connectivity index (χ0n) is 15.2. The van der Waals surface area contributed by atoms with Crippen LogP contribution in [0.15, 0.2) is 48.2 Å². The number of allylic oxidation sites excluding steroid dienone is 6. The Morgan fingerprint density at radius 3 is 2.00 bits per heavy atom. The van der Waals surface area contributed by atoms with Gasteiger partial charge in [0, 0.05) is 17.5 Å². The molecule has 1 aromatic rings. The lowest BCUT2D eigenvalue weighted by atomic mass is 10.00. The summed E-state index contributed by atoms with van der Waals surface area (Å²) in [7, 11) is 0.